The van der Waals surface area contributed by atoms with Crippen LogP contribution in [0.2, 0.25) is 0 Å². The van der Waals surface area contributed by atoms with Gasteiger partial charge in [-0.3, -0.25) is 4.79 Å². The van der Waals surface area contributed by atoms with Crippen molar-refractivity contribution in [3.63, 3.8) is 0 Å². The van der Waals surface area contributed by atoms with Crippen molar-refractivity contribution in [2.24, 2.45) is 0 Å². The first-order valence-corrected chi connectivity index (χ1v) is 8.28. The molecule has 0 radical (unpaired) electrons. The fraction of sp³-hybridized carbons (Fsp3) is 0.0556. The normalized spacial score (nSPS) is 10.9. The van der Waals surface area contributed by atoms with Crippen molar-refractivity contribution < 1.29 is 4.79 Å². The fourth-order valence-electron chi connectivity index (χ4n) is 2.62. The predicted molar refractivity (Wildman–Crippen MR) is 95.9 cm³/mol. The van der Waals surface area contributed by atoms with Gasteiger partial charge in [-0.15, -0.1) is 11.3 Å². The van der Waals surface area contributed by atoms with E-state index in [9.17, 15) is 4.79 Å². The van der Waals surface area contributed by atoms with Crippen LogP contribution < -0.4 is 5.32 Å². The Morgan fingerprint density at radius 2 is 1.92 bits per heavy atom. The molecule has 0 bridgehead atoms. The van der Waals surface area contributed by atoms with Gasteiger partial charge < -0.3 is 5.32 Å². The van der Waals surface area contributed by atoms with E-state index in [0.717, 1.165) is 31.9 Å². The Kier molecular flexibility index (Phi) is 3.59. The number of anilines is 1. The van der Waals surface area contributed by atoms with E-state index >= 15 is 0 Å². The molecule has 118 valence electrons. The van der Waals surface area contributed by atoms with Crippen molar-refractivity contribution >= 4 is 33.0 Å². The van der Waals surface area contributed by atoms with E-state index in [4.69, 9.17) is 0 Å². The van der Waals surface area contributed by atoms with Gasteiger partial charge in [0, 0.05) is 10.4 Å². The molecule has 0 fully saturated rings. The third kappa shape index (κ3) is 2.57. The molecule has 0 unspecified atom stereocenters. The Bertz CT molecular complexity index is 1000. The van der Waals surface area contributed by atoms with Crippen LogP contribution in [-0.4, -0.2) is 20.7 Å². The summed E-state index contributed by atoms with van der Waals surface area (Å²) in [5, 5.41) is 8.17. The second-order valence-corrected chi connectivity index (χ2v) is 6.45. The van der Waals surface area contributed by atoms with Gasteiger partial charge in [-0.05, 0) is 48.2 Å². The lowest BCUT2D eigenvalue weighted by molar-refractivity contribution is 0.103. The molecule has 0 aliphatic rings. The van der Waals surface area contributed by atoms with Crippen molar-refractivity contribution in [2.45, 2.75) is 6.92 Å². The second-order valence-electron chi connectivity index (χ2n) is 5.39. The van der Waals surface area contributed by atoms with E-state index < -0.39 is 0 Å². The number of aryl methyl sites for hydroxylation is 1. The van der Waals surface area contributed by atoms with Crippen LogP contribution in [-0.2, 0) is 0 Å². The highest BCUT2D eigenvalue weighted by atomic mass is 32.1. The smallest absolute Gasteiger partial charge is 0.266 e. The summed E-state index contributed by atoms with van der Waals surface area (Å²) in [4.78, 5) is 17.3. The molecule has 0 spiro atoms. The Balaban J connectivity index is 1.58. The van der Waals surface area contributed by atoms with Gasteiger partial charge in [0.2, 0.25) is 0 Å². The molecule has 2 aromatic carbocycles. The molecule has 5 nitrogen and oxygen atoms in total. The van der Waals surface area contributed by atoms with Gasteiger partial charge in [0.05, 0.1) is 10.6 Å². The van der Waals surface area contributed by atoms with Gasteiger partial charge in [-0.2, -0.15) is 5.10 Å². The van der Waals surface area contributed by atoms with Crippen LogP contribution in [0.3, 0.4) is 0 Å². The molecule has 0 aliphatic heterocycles. The van der Waals surface area contributed by atoms with E-state index in [1.54, 1.807) is 11.0 Å². The number of amides is 1. The van der Waals surface area contributed by atoms with Gasteiger partial charge in [-0.25, -0.2) is 9.67 Å². The summed E-state index contributed by atoms with van der Waals surface area (Å²) >= 11 is 1.52. The van der Waals surface area contributed by atoms with E-state index in [1.165, 1.54) is 17.7 Å². The molecular formula is C18H14N4OS. The summed E-state index contributed by atoms with van der Waals surface area (Å²) in [7, 11) is 0. The number of nitrogens with zero attached hydrogens (tertiary/aromatic N) is 3. The first-order chi connectivity index (χ1) is 11.7. The van der Waals surface area contributed by atoms with Crippen LogP contribution in [0.4, 0.5) is 5.69 Å². The molecule has 24 heavy (non-hydrogen) atoms. The van der Waals surface area contributed by atoms with Crippen molar-refractivity contribution in [3.05, 3.63) is 71.6 Å². The number of fused-ring (bicyclic) bond motifs is 1. The Morgan fingerprint density at radius 1 is 1.12 bits per heavy atom. The van der Waals surface area contributed by atoms with Crippen molar-refractivity contribution in [3.8, 4) is 5.69 Å². The summed E-state index contributed by atoms with van der Waals surface area (Å²) in [6, 6.07) is 15.6. The monoisotopic (exact) mass is 334 g/mol. The van der Waals surface area contributed by atoms with Crippen LogP contribution in [0.15, 0.2) is 61.2 Å². The summed E-state index contributed by atoms with van der Waals surface area (Å²) in [6.45, 7) is 1.99. The first-order valence-electron chi connectivity index (χ1n) is 7.47. The van der Waals surface area contributed by atoms with Crippen LogP contribution in [0.1, 0.15) is 15.2 Å². The van der Waals surface area contributed by atoms with Gasteiger partial charge >= 0.3 is 0 Å². The molecule has 0 aliphatic carbocycles. The number of hydrogen-bond acceptors (Lipinski definition) is 4. The highest BCUT2D eigenvalue weighted by Gasteiger charge is 2.15. The Labute approximate surface area is 142 Å². The lowest BCUT2D eigenvalue weighted by Crippen LogP contribution is -2.11. The molecule has 4 aromatic rings. The standard InChI is InChI=1S/C18H14N4OS/c1-12-15-4-2-3-5-16(15)24-17(12)18(23)21-13-6-8-14(9-7-13)22-11-19-10-20-22/h2-11H,1H3,(H,21,23). The minimum absolute atomic E-state index is 0.0813. The third-order valence-corrected chi connectivity index (χ3v) is 5.13. The molecule has 2 heterocycles. The maximum atomic E-state index is 12.6. The van der Waals surface area contributed by atoms with Crippen molar-refractivity contribution in [2.75, 3.05) is 5.32 Å². The molecule has 1 amide bonds. The number of hydrogen-bond donors (Lipinski definition) is 1. The predicted octanol–water partition coefficient (Wildman–Crippen LogP) is 4.04. The van der Waals surface area contributed by atoms with Gasteiger partial charge in [0.25, 0.3) is 5.91 Å². The van der Waals surface area contributed by atoms with E-state index in [-0.39, 0.29) is 5.91 Å². The Hall–Kier alpha value is -2.99. The third-order valence-electron chi connectivity index (χ3n) is 3.86. The molecule has 1 N–H and O–H groups in total. The molecule has 2 aromatic heterocycles. The number of benzene rings is 2. The topological polar surface area (TPSA) is 59.8 Å². The summed E-state index contributed by atoms with van der Waals surface area (Å²) in [5.41, 5.74) is 2.66. The summed E-state index contributed by atoms with van der Waals surface area (Å²) in [6.07, 6.45) is 3.12. The molecule has 6 heteroatoms. The van der Waals surface area contributed by atoms with E-state index in [1.807, 2.05) is 55.5 Å². The number of rotatable bonds is 3. The highest BCUT2D eigenvalue weighted by molar-refractivity contribution is 7.21. The number of nitrogens with one attached hydrogen (secondary N) is 1. The summed E-state index contributed by atoms with van der Waals surface area (Å²) < 4.78 is 2.79. The van der Waals surface area contributed by atoms with E-state index in [2.05, 4.69) is 15.4 Å². The maximum absolute atomic E-state index is 12.6. The quantitative estimate of drug-likeness (QED) is 0.615. The van der Waals surface area contributed by atoms with Crippen LogP contribution in [0, 0.1) is 6.92 Å². The lowest BCUT2D eigenvalue weighted by Gasteiger charge is -2.06. The molecular weight excluding hydrogens is 320 g/mol. The van der Waals surface area contributed by atoms with Crippen LogP contribution in [0.5, 0.6) is 0 Å². The number of aromatic nitrogens is 3. The second kappa shape index (κ2) is 5.90. The zero-order valence-electron chi connectivity index (χ0n) is 12.9. The van der Waals surface area contributed by atoms with Crippen LogP contribution >= 0.6 is 11.3 Å². The largest absolute Gasteiger partial charge is 0.321 e. The fourth-order valence-corrected chi connectivity index (χ4v) is 3.72. The highest BCUT2D eigenvalue weighted by Crippen LogP contribution is 2.31. The van der Waals surface area contributed by atoms with Crippen molar-refractivity contribution in [1.82, 2.24) is 14.8 Å². The average Bonchev–Trinajstić information content (AvgIpc) is 3.24. The Morgan fingerprint density at radius 3 is 2.62 bits per heavy atom. The minimum Gasteiger partial charge on any atom is -0.321 e. The number of carbonyl (C=O) groups excluding carboxylic acids is 1. The zero-order valence-corrected chi connectivity index (χ0v) is 13.7. The SMILES string of the molecule is Cc1c(C(=O)Nc2ccc(-n3cncn3)cc2)sc2ccccc12. The first kappa shape index (κ1) is 14.6. The lowest BCUT2D eigenvalue weighted by atomic mass is 10.1. The molecule has 0 saturated heterocycles. The molecule has 0 saturated carbocycles. The maximum Gasteiger partial charge on any atom is 0.266 e. The summed E-state index contributed by atoms with van der Waals surface area (Å²) in [5.74, 6) is -0.0813. The molecule has 0 atom stereocenters. The van der Waals surface area contributed by atoms with Crippen LogP contribution in [0.25, 0.3) is 15.8 Å². The van der Waals surface area contributed by atoms with Gasteiger partial charge in [-0.1, -0.05) is 18.2 Å². The minimum atomic E-state index is -0.0813. The number of carbonyl (C=O) groups is 1. The average molecular weight is 334 g/mol. The van der Waals surface area contributed by atoms with Gasteiger partial charge in [0.1, 0.15) is 12.7 Å². The zero-order chi connectivity index (χ0) is 16.5. The number of thiophene rings is 1. The van der Waals surface area contributed by atoms with Gasteiger partial charge in [0.15, 0.2) is 0 Å². The van der Waals surface area contributed by atoms with Crippen molar-refractivity contribution in [1.29, 1.82) is 0 Å². The van der Waals surface area contributed by atoms with E-state index in [0.29, 0.717) is 0 Å². The molecule has 4 rings (SSSR count).